The zero-order chi connectivity index (χ0) is 16.8. The van der Waals surface area contributed by atoms with Crippen LogP contribution in [0, 0.1) is 0 Å². The van der Waals surface area contributed by atoms with Crippen molar-refractivity contribution < 1.29 is 19.4 Å². The van der Waals surface area contributed by atoms with Gasteiger partial charge in [0.2, 0.25) is 0 Å². The third-order valence-corrected chi connectivity index (χ3v) is 3.59. The number of carboxylic acid groups (broad SMARTS) is 1. The smallest absolute Gasteiger partial charge is 0.185 e. The van der Waals surface area contributed by atoms with Gasteiger partial charge in [0.1, 0.15) is 12.4 Å². The van der Waals surface area contributed by atoms with Crippen LogP contribution >= 0.6 is 23.2 Å². The average Bonchev–Trinajstić information content (AvgIpc) is 2.54. The van der Waals surface area contributed by atoms with Crippen LogP contribution in [0.4, 0.5) is 0 Å². The number of aliphatic carboxylic acids is 1. The minimum atomic E-state index is -1.33. The van der Waals surface area contributed by atoms with Crippen molar-refractivity contribution in [2.45, 2.75) is 0 Å². The zero-order valence-corrected chi connectivity index (χ0v) is 13.3. The summed E-state index contributed by atoms with van der Waals surface area (Å²) in [5.74, 6) is -1.31. The highest BCUT2D eigenvalue weighted by Gasteiger charge is 2.04. The van der Waals surface area contributed by atoms with Crippen molar-refractivity contribution in [1.29, 1.82) is 0 Å². The number of rotatable bonds is 6. The molecule has 0 bridgehead atoms. The van der Waals surface area contributed by atoms with Crippen LogP contribution in [0.3, 0.4) is 0 Å². The molecule has 2 rings (SSSR count). The quantitative estimate of drug-likeness (QED) is 0.593. The van der Waals surface area contributed by atoms with E-state index in [1.807, 2.05) is 0 Å². The van der Waals surface area contributed by atoms with E-state index >= 15 is 0 Å². The molecule has 0 aliphatic heterocycles. The fraction of sp³-hybridized carbons (Fsp3) is 0.0588. The van der Waals surface area contributed by atoms with E-state index in [0.717, 1.165) is 5.56 Å². The molecule has 0 N–H and O–H groups in total. The van der Waals surface area contributed by atoms with E-state index in [1.54, 1.807) is 42.5 Å². The van der Waals surface area contributed by atoms with Gasteiger partial charge in [-0.25, -0.2) is 0 Å². The molecule has 0 amide bonds. The lowest BCUT2D eigenvalue weighted by molar-refractivity contribution is -0.307. The Morgan fingerprint density at radius 1 is 1.09 bits per heavy atom. The van der Waals surface area contributed by atoms with Crippen LogP contribution in [0.15, 0.2) is 48.5 Å². The Balaban J connectivity index is 2.10. The zero-order valence-electron chi connectivity index (χ0n) is 11.8. The van der Waals surface area contributed by atoms with E-state index in [2.05, 4.69) is 0 Å². The second kappa shape index (κ2) is 7.81. The van der Waals surface area contributed by atoms with Crippen LogP contribution in [-0.2, 0) is 4.79 Å². The monoisotopic (exact) mass is 349 g/mol. The predicted octanol–water partition coefficient (Wildman–Crippen LogP) is 3.02. The van der Waals surface area contributed by atoms with Crippen LogP contribution in [0.2, 0.25) is 10.0 Å². The summed E-state index contributed by atoms with van der Waals surface area (Å²) in [6.07, 6.45) is 3.00. The molecular formula is C17H11Cl2O4-. The summed E-state index contributed by atoms with van der Waals surface area (Å²) in [4.78, 5) is 22.5. The van der Waals surface area contributed by atoms with Gasteiger partial charge in [-0.2, -0.15) is 0 Å². The van der Waals surface area contributed by atoms with Crippen LogP contribution in [0.25, 0.3) is 6.08 Å². The van der Waals surface area contributed by atoms with Crippen molar-refractivity contribution in [3.8, 4) is 5.75 Å². The fourth-order valence-electron chi connectivity index (χ4n) is 1.77. The van der Waals surface area contributed by atoms with Gasteiger partial charge in [-0.05, 0) is 35.9 Å². The molecule has 2 aromatic rings. The number of halogens is 2. The molecule has 0 radical (unpaired) electrons. The topological polar surface area (TPSA) is 66.4 Å². The van der Waals surface area contributed by atoms with Gasteiger partial charge in [0.15, 0.2) is 5.78 Å². The van der Waals surface area contributed by atoms with Gasteiger partial charge < -0.3 is 14.6 Å². The molecule has 0 saturated carbocycles. The van der Waals surface area contributed by atoms with Crippen molar-refractivity contribution in [3.05, 3.63) is 69.7 Å². The highest BCUT2D eigenvalue weighted by atomic mass is 35.5. The second-order valence-electron chi connectivity index (χ2n) is 4.56. The van der Waals surface area contributed by atoms with Crippen molar-refractivity contribution >= 4 is 41.0 Å². The predicted molar refractivity (Wildman–Crippen MR) is 86.8 cm³/mol. The van der Waals surface area contributed by atoms with Crippen molar-refractivity contribution in [3.63, 3.8) is 0 Å². The maximum Gasteiger partial charge on any atom is 0.185 e. The summed E-state index contributed by atoms with van der Waals surface area (Å²) in [6, 6.07) is 11.2. The number of allylic oxidation sites excluding steroid dienone is 1. The summed E-state index contributed by atoms with van der Waals surface area (Å²) in [7, 11) is 0. The molecule has 0 fully saturated rings. The van der Waals surface area contributed by atoms with Crippen molar-refractivity contribution in [2.24, 2.45) is 0 Å². The molecule has 0 atom stereocenters. The number of hydrogen-bond donors (Lipinski definition) is 0. The van der Waals surface area contributed by atoms with Gasteiger partial charge in [0, 0.05) is 5.56 Å². The molecule has 0 aromatic heterocycles. The summed E-state index contributed by atoms with van der Waals surface area (Å²) in [6.45, 7) is -0.573. The summed E-state index contributed by atoms with van der Waals surface area (Å²) >= 11 is 11.7. The number of carbonyl (C=O) groups is 2. The first-order valence-electron chi connectivity index (χ1n) is 6.56. The molecule has 0 unspecified atom stereocenters. The summed E-state index contributed by atoms with van der Waals surface area (Å²) < 4.78 is 4.98. The normalized spacial score (nSPS) is 10.7. The maximum atomic E-state index is 12.1. The van der Waals surface area contributed by atoms with Crippen molar-refractivity contribution in [1.82, 2.24) is 0 Å². The van der Waals surface area contributed by atoms with Gasteiger partial charge in [-0.1, -0.05) is 47.5 Å². The van der Waals surface area contributed by atoms with Gasteiger partial charge in [-0.15, -0.1) is 0 Å². The molecule has 0 aliphatic carbocycles. The second-order valence-corrected chi connectivity index (χ2v) is 5.37. The molecule has 0 saturated heterocycles. The highest BCUT2D eigenvalue weighted by Crippen LogP contribution is 2.23. The number of ketones is 1. The van der Waals surface area contributed by atoms with E-state index in [1.165, 1.54) is 12.1 Å². The first-order valence-corrected chi connectivity index (χ1v) is 7.31. The molecule has 0 heterocycles. The van der Waals surface area contributed by atoms with E-state index in [9.17, 15) is 14.7 Å². The van der Waals surface area contributed by atoms with E-state index in [4.69, 9.17) is 27.9 Å². The fourth-order valence-corrected chi connectivity index (χ4v) is 2.07. The van der Waals surface area contributed by atoms with E-state index in [0.29, 0.717) is 15.6 Å². The van der Waals surface area contributed by atoms with Gasteiger partial charge in [-0.3, -0.25) is 4.79 Å². The lowest BCUT2D eigenvalue weighted by atomic mass is 10.1. The Morgan fingerprint density at radius 2 is 1.87 bits per heavy atom. The van der Waals surface area contributed by atoms with Gasteiger partial charge in [0.25, 0.3) is 0 Å². The number of carboxylic acids is 1. The minimum Gasteiger partial charge on any atom is -0.546 e. The maximum absolute atomic E-state index is 12.1. The minimum absolute atomic E-state index is 0.255. The molecule has 2 aromatic carbocycles. The van der Waals surface area contributed by atoms with Crippen LogP contribution in [0.5, 0.6) is 5.75 Å². The van der Waals surface area contributed by atoms with Gasteiger partial charge >= 0.3 is 0 Å². The first kappa shape index (κ1) is 17.1. The number of ether oxygens (including phenoxy) is 1. The Bertz CT molecular complexity index is 769. The molecular weight excluding hydrogens is 339 g/mol. The van der Waals surface area contributed by atoms with Gasteiger partial charge in [0.05, 0.1) is 16.0 Å². The number of benzene rings is 2. The Morgan fingerprint density at radius 3 is 2.57 bits per heavy atom. The third-order valence-electron chi connectivity index (χ3n) is 2.85. The van der Waals surface area contributed by atoms with E-state index in [-0.39, 0.29) is 11.5 Å². The lowest BCUT2D eigenvalue weighted by Crippen LogP contribution is -2.28. The van der Waals surface area contributed by atoms with Crippen LogP contribution < -0.4 is 9.84 Å². The van der Waals surface area contributed by atoms with E-state index < -0.39 is 12.6 Å². The molecule has 6 heteroatoms. The van der Waals surface area contributed by atoms with Crippen LogP contribution in [-0.4, -0.2) is 18.4 Å². The average molecular weight is 350 g/mol. The summed E-state index contributed by atoms with van der Waals surface area (Å²) in [5.41, 5.74) is 1.11. The Kier molecular flexibility index (Phi) is 5.79. The largest absolute Gasteiger partial charge is 0.546 e. The molecule has 4 nitrogen and oxygen atoms in total. The number of hydrogen-bond acceptors (Lipinski definition) is 4. The third kappa shape index (κ3) is 5.13. The molecule has 23 heavy (non-hydrogen) atoms. The molecule has 118 valence electrons. The van der Waals surface area contributed by atoms with Crippen LogP contribution in [0.1, 0.15) is 15.9 Å². The molecule has 0 spiro atoms. The molecule has 0 aliphatic rings. The Labute approximate surface area is 142 Å². The first-order chi connectivity index (χ1) is 11.0. The standard InChI is InChI=1S/C17H12Cl2O4/c18-14-6-4-11(8-15(14)19)5-7-16(20)12-2-1-3-13(9-12)23-10-17(21)22/h1-9H,10H2,(H,21,22)/p-1/b7-5+. The van der Waals surface area contributed by atoms with Crippen molar-refractivity contribution in [2.75, 3.05) is 6.61 Å². The SMILES string of the molecule is O=C([O-])COc1cccc(C(=O)/C=C/c2ccc(Cl)c(Cl)c2)c1. The summed E-state index contributed by atoms with van der Waals surface area (Å²) in [5, 5.41) is 11.2. The lowest BCUT2D eigenvalue weighted by Gasteiger charge is -2.07. The number of carbonyl (C=O) groups excluding carboxylic acids is 2. The highest BCUT2D eigenvalue weighted by molar-refractivity contribution is 6.42. The Hall–Kier alpha value is -2.30.